The van der Waals surface area contributed by atoms with E-state index in [4.69, 9.17) is 4.74 Å². The van der Waals surface area contributed by atoms with Gasteiger partial charge < -0.3 is 4.74 Å². The monoisotopic (exact) mass is 470 g/mol. The molecule has 0 saturated heterocycles. The van der Waals surface area contributed by atoms with Crippen molar-refractivity contribution in [3.63, 3.8) is 0 Å². The summed E-state index contributed by atoms with van der Waals surface area (Å²) in [6, 6.07) is 12.1. The molecule has 0 aliphatic rings. The highest BCUT2D eigenvalue weighted by Gasteiger charge is 2.16. The largest absolute Gasteiger partial charge is 0.496 e. The van der Waals surface area contributed by atoms with Gasteiger partial charge in [0.2, 0.25) is 0 Å². The molecule has 8 nitrogen and oxygen atoms in total. The lowest BCUT2D eigenvalue weighted by Crippen LogP contribution is -2.42. The number of ether oxygens (including phenoxy) is 1. The predicted octanol–water partition coefficient (Wildman–Crippen LogP) is 2.66. The maximum absolute atomic E-state index is 12.6. The number of hydrogen-bond acceptors (Lipinski definition) is 5. The normalized spacial score (nSPS) is 10.9. The number of nitrogens with zero attached hydrogens (tertiary/aromatic N) is 2. The molecule has 9 heteroatoms. The standard InChI is InChI=1S/C21H19BrN4O4/c1-3-26-21(29)16-7-5-4-6-15(16)19(25-26)20(28)24-23-18(27)11-8-13-12-14(22)9-10-17(13)30-2/h4-12H,3H2,1-2H3,(H,23,27)(H,24,28)/b11-8+. The van der Waals surface area contributed by atoms with Crippen LogP contribution in [0.15, 0.2) is 57.8 Å². The Kier molecular flexibility index (Phi) is 6.63. The number of methoxy groups -OCH3 is 1. The molecule has 2 amide bonds. The summed E-state index contributed by atoms with van der Waals surface area (Å²) in [5, 5.41) is 4.92. The number of benzene rings is 2. The molecule has 0 fully saturated rings. The van der Waals surface area contributed by atoms with Crippen LogP contribution in [0.5, 0.6) is 5.75 Å². The minimum atomic E-state index is -0.629. The van der Waals surface area contributed by atoms with Crippen molar-refractivity contribution in [3.8, 4) is 5.75 Å². The molecule has 0 bridgehead atoms. The summed E-state index contributed by atoms with van der Waals surface area (Å²) in [5.41, 5.74) is 5.10. The SMILES string of the molecule is CCn1nc(C(=O)NNC(=O)/C=C/c2cc(Br)ccc2OC)c2ccccc2c1=O. The number of carbonyl (C=O) groups is 2. The maximum atomic E-state index is 12.6. The highest BCUT2D eigenvalue weighted by Crippen LogP contribution is 2.24. The molecule has 0 atom stereocenters. The van der Waals surface area contributed by atoms with Crippen LogP contribution >= 0.6 is 15.9 Å². The molecule has 0 saturated carbocycles. The molecule has 0 unspecified atom stereocenters. The van der Waals surface area contributed by atoms with Crippen LogP contribution in [0.2, 0.25) is 0 Å². The lowest BCUT2D eigenvalue weighted by Gasteiger charge is -2.10. The zero-order valence-electron chi connectivity index (χ0n) is 16.3. The van der Waals surface area contributed by atoms with E-state index >= 15 is 0 Å². The minimum absolute atomic E-state index is 0.0463. The molecule has 0 aliphatic heterocycles. The highest BCUT2D eigenvalue weighted by atomic mass is 79.9. The number of carbonyl (C=O) groups excluding carboxylic acids is 2. The number of nitrogens with one attached hydrogen (secondary N) is 2. The van der Waals surface area contributed by atoms with Crippen LogP contribution in [0.1, 0.15) is 23.0 Å². The smallest absolute Gasteiger partial charge is 0.290 e. The van der Waals surface area contributed by atoms with E-state index in [1.165, 1.54) is 17.9 Å². The Bertz CT molecular complexity index is 1200. The molecule has 3 aromatic rings. The first-order valence-electron chi connectivity index (χ1n) is 9.06. The van der Waals surface area contributed by atoms with Crippen molar-refractivity contribution < 1.29 is 14.3 Å². The van der Waals surface area contributed by atoms with Gasteiger partial charge in [0.15, 0.2) is 5.69 Å². The van der Waals surface area contributed by atoms with Crippen LogP contribution in [0.25, 0.3) is 16.8 Å². The van der Waals surface area contributed by atoms with Crippen LogP contribution in [0, 0.1) is 0 Å². The van der Waals surface area contributed by atoms with E-state index in [0.717, 1.165) is 4.47 Å². The van der Waals surface area contributed by atoms with Crippen molar-refractivity contribution in [1.29, 1.82) is 0 Å². The first kappa shape index (κ1) is 21.3. The molecule has 0 spiro atoms. The summed E-state index contributed by atoms with van der Waals surface area (Å²) in [7, 11) is 1.54. The third-order valence-electron chi connectivity index (χ3n) is 4.29. The second kappa shape index (κ2) is 9.36. The topological polar surface area (TPSA) is 102 Å². The minimum Gasteiger partial charge on any atom is -0.496 e. The second-order valence-electron chi connectivity index (χ2n) is 6.18. The third-order valence-corrected chi connectivity index (χ3v) is 4.78. The Hall–Kier alpha value is -3.46. The molecule has 0 aliphatic carbocycles. The van der Waals surface area contributed by atoms with Crippen LogP contribution in [-0.2, 0) is 11.3 Å². The average Bonchev–Trinajstić information content (AvgIpc) is 2.76. The van der Waals surface area contributed by atoms with E-state index in [-0.39, 0.29) is 11.3 Å². The first-order chi connectivity index (χ1) is 14.4. The lowest BCUT2D eigenvalue weighted by molar-refractivity contribution is -0.117. The summed E-state index contributed by atoms with van der Waals surface area (Å²) >= 11 is 3.37. The van der Waals surface area contributed by atoms with Crippen LogP contribution < -0.4 is 21.1 Å². The molecule has 30 heavy (non-hydrogen) atoms. The fourth-order valence-corrected chi connectivity index (χ4v) is 3.22. The van der Waals surface area contributed by atoms with Crippen molar-refractivity contribution in [1.82, 2.24) is 20.6 Å². The van der Waals surface area contributed by atoms with E-state index in [1.54, 1.807) is 49.4 Å². The van der Waals surface area contributed by atoms with E-state index in [9.17, 15) is 14.4 Å². The van der Waals surface area contributed by atoms with Crippen molar-refractivity contribution >= 4 is 44.6 Å². The van der Waals surface area contributed by atoms with Gasteiger partial charge in [0.1, 0.15) is 5.75 Å². The van der Waals surface area contributed by atoms with Gasteiger partial charge in [0, 0.05) is 28.0 Å². The fourth-order valence-electron chi connectivity index (χ4n) is 2.84. The number of rotatable bonds is 5. The highest BCUT2D eigenvalue weighted by molar-refractivity contribution is 9.10. The Morgan fingerprint density at radius 2 is 1.90 bits per heavy atom. The second-order valence-corrected chi connectivity index (χ2v) is 7.09. The van der Waals surface area contributed by atoms with Crippen molar-refractivity contribution in [3.05, 3.63) is 74.6 Å². The average molecular weight is 471 g/mol. The molecule has 2 aromatic carbocycles. The van der Waals surface area contributed by atoms with Crippen LogP contribution in [-0.4, -0.2) is 28.7 Å². The van der Waals surface area contributed by atoms with E-state index < -0.39 is 11.8 Å². The number of aryl methyl sites for hydroxylation is 1. The quantitative estimate of drug-likeness (QED) is 0.440. The summed E-state index contributed by atoms with van der Waals surface area (Å²) in [5.74, 6) is -0.572. The van der Waals surface area contributed by atoms with Gasteiger partial charge >= 0.3 is 0 Å². The van der Waals surface area contributed by atoms with Gasteiger partial charge in [0.25, 0.3) is 17.4 Å². The number of amides is 2. The first-order valence-corrected chi connectivity index (χ1v) is 9.85. The number of fused-ring (bicyclic) bond motifs is 1. The van der Waals surface area contributed by atoms with Gasteiger partial charge in [-0.15, -0.1) is 0 Å². The molecule has 3 rings (SSSR count). The summed E-state index contributed by atoms with van der Waals surface area (Å²) in [6.45, 7) is 2.07. The molecule has 2 N–H and O–H groups in total. The Morgan fingerprint density at radius 3 is 2.60 bits per heavy atom. The molecule has 154 valence electrons. The van der Waals surface area contributed by atoms with Crippen molar-refractivity contribution in [2.24, 2.45) is 0 Å². The molecular weight excluding hydrogens is 452 g/mol. The van der Waals surface area contributed by atoms with Gasteiger partial charge in [-0.25, -0.2) is 4.68 Å². The van der Waals surface area contributed by atoms with Gasteiger partial charge in [-0.2, -0.15) is 5.10 Å². The summed E-state index contributed by atoms with van der Waals surface area (Å²) in [4.78, 5) is 37.1. The fraction of sp³-hybridized carbons (Fsp3) is 0.143. The van der Waals surface area contributed by atoms with E-state index in [2.05, 4.69) is 31.9 Å². The van der Waals surface area contributed by atoms with Gasteiger partial charge in [-0.05, 0) is 37.3 Å². The number of hydrazine groups is 1. The van der Waals surface area contributed by atoms with Gasteiger partial charge in [-0.3, -0.25) is 25.2 Å². The lowest BCUT2D eigenvalue weighted by atomic mass is 10.1. The summed E-state index contributed by atoms with van der Waals surface area (Å²) < 4.78 is 7.29. The Balaban J connectivity index is 1.76. The van der Waals surface area contributed by atoms with Crippen molar-refractivity contribution in [2.75, 3.05) is 7.11 Å². The van der Waals surface area contributed by atoms with Crippen LogP contribution in [0.3, 0.4) is 0 Å². The molecule has 1 aromatic heterocycles. The van der Waals surface area contributed by atoms with Gasteiger partial charge in [0.05, 0.1) is 12.5 Å². The zero-order chi connectivity index (χ0) is 21.7. The third kappa shape index (κ3) is 4.57. The molecule has 0 radical (unpaired) electrons. The van der Waals surface area contributed by atoms with Crippen LogP contribution in [0.4, 0.5) is 0 Å². The number of aromatic nitrogens is 2. The zero-order valence-corrected chi connectivity index (χ0v) is 17.9. The number of halogens is 1. The van der Waals surface area contributed by atoms with E-state index in [1.807, 2.05) is 6.07 Å². The Labute approximate surface area is 180 Å². The Morgan fingerprint density at radius 1 is 1.17 bits per heavy atom. The van der Waals surface area contributed by atoms with Crippen molar-refractivity contribution in [2.45, 2.75) is 13.5 Å². The molecule has 1 heterocycles. The number of hydrogen-bond donors (Lipinski definition) is 2. The van der Waals surface area contributed by atoms with E-state index in [0.29, 0.717) is 28.6 Å². The summed E-state index contributed by atoms with van der Waals surface area (Å²) in [6.07, 6.45) is 2.83. The maximum Gasteiger partial charge on any atom is 0.290 e. The van der Waals surface area contributed by atoms with Gasteiger partial charge in [-0.1, -0.05) is 34.1 Å². The molecular formula is C21H19BrN4O4. The predicted molar refractivity (Wildman–Crippen MR) is 117 cm³/mol.